The molecule has 38 heavy (non-hydrogen) atoms. The van der Waals surface area contributed by atoms with Crippen LogP contribution in [0.2, 0.25) is 0 Å². The quantitative estimate of drug-likeness (QED) is 0.407. The molecule has 1 aliphatic heterocycles. The minimum Gasteiger partial charge on any atom is -0.457 e. The second-order valence-electron chi connectivity index (χ2n) is 9.14. The molecule has 0 spiro atoms. The molecule has 3 aromatic rings. The summed E-state index contributed by atoms with van der Waals surface area (Å²) in [7, 11) is 0. The number of nitrogens with two attached hydrogens (primary N) is 1. The molecule has 2 aliphatic rings. The summed E-state index contributed by atoms with van der Waals surface area (Å²) in [5, 5.41) is 11.9. The van der Waals surface area contributed by atoms with Gasteiger partial charge < -0.3 is 20.5 Å². The molecule has 1 saturated heterocycles. The van der Waals surface area contributed by atoms with Crippen molar-refractivity contribution >= 4 is 35.0 Å². The summed E-state index contributed by atoms with van der Waals surface area (Å²) < 4.78 is 34.7. The number of halogens is 2. The Labute approximate surface area is 215 Å². The van der Waals surface area contributed by atoms with Gasteiger partial charge in [-0.15, -0.1) is 0 Å². The summed E-state index contributed by atoms with van der Waals surface area (Å²) in [6.45, 7) is 0.456. The fraction of sp³-hybridized carbons (Fsp3) is 0.231. The van der Waals surface area contributed by atoms with Gasteiger partial charge in [0.2, 0.25) is 11.8 Å². The molecule has 196 valence electrons. The summed E-state index contributed by atoms with van der Waals surface area (Å²) in [6.07, 6.45) is 1.33. The van der Waals surface area contributed by atoms with Crippen LogP contribution in [0.1, 0.15) is 12.8 Å². The molecule has 10 nitrogen and oxygen atoms in total. The summed E-state index contributed by atoms with van der Waals surface area (Å²) in [6, 6.07) is 11.2. The number of likely N-dealkylation sites (tertiary alicyclic amines) is 1. The first-order chi connectivity index (χ1) is 18.2. The topological polar surface area (TPSA) is 138 Å². The van der Waals surface area contributed by atoms with E-state index in [1.165, 1.54) is 47.5 Å². The highest BCUT2D eigenvalue weighted by molar-refractivity contribution is 6.16. The molecule has 0 atom stereocenters. The van der Waals surface area contributed by atoms with Crippen molar-refractivity contribution in [3.63, 3.8) is 0 Å². The Bertz CT molecular complexity index is 1410. The third kappa shape index (κ3) is 4.85. The minimum atomic E-state index is -1.44. The van der Waals surface area contributed by atoms with E-state index in [1.54, 1.807) is 0 Å². The normalized spacial score (nSPS) is 15.8. The van der Waals surface area contributed by atoms with E-state index in [2.05, 4.69) is 10.3 Å². The summed E-state index contributed by atoms with van der Waals surface area (Å²) >= 11 is 0. The lowest BCUT2D eigenvalue weighted by atomic mass is 10.0. The zero-order valence-corrected chi connectivity index (χ0v) is 19.9. The Morgan fingerprint density at radius 1 is 1.05 bits per heavy atom. The first kappa shape index (κ1) is 25.1. The van der Waals surface area contributed by atoms with Crippen molar-refractivity contribution in [2.45, 2.75) is 18.9 Å². The van der Waals surface area contributed by atoms with Gasteiger partial charge in [0, 0.05) is 24.0 Å². The van der Waals surface area contributed by atoms with Crippen LogP contribution in [0.25, 0.3) is 0 Å². The molecule has 4 amide bonds. The van der Waals surface area contributed by atoms with E-state index in [0.717, 1.165) is 23.1 Å². The zero-order valence-electron chi connectivity index (χ0n) is 19.9. The van der Waals surface area contributed by atoms with E-state index in [1.807, 2.05) is 0 Å². The Morgan fingerprint density at radius 2 is 1.74 bits per heavy atom. The number of nitrogens with zero attached hydrogens (tertiary/aromatic N) is 3. The van der Waals surface area contributed by atoms with Crippen molar-refractivity contribution in [3.05, 3.63) is 72.4 Å². The van der Waals surface area contributed by atoms with Gasteiger partial charge in [-0.1, -0.05) is 0 Å². The number of β-amino-alcohol motifs (C(OH)–C–C–N with tert-alkyl or cyclic N) is 1. The van der Waals surface area contributed by atoms with E-state index in [9.17, 15) is 23.9 Å². The number of amides is 4. The van der Waals surface area contributed by atoms with Gasteiger partial charge in [-0.2, -0.15) is 0 Å². The molecule has 2 heterocycles. The lowest BCUT2D eigenvalue weighted by Crippen LogP contribution is -2.54. The van der Waals surface area contributed by atoms with Crippen molar-refractivity contribution in [1.29, 1.82) is 0 Å². The largest absolute Gasteiger partial charge is 0.457 e. The van der Waals surface area contributed by atoms with E-state index in [0.29, 0.717) is 0 Å². The van der Waals surface area contributed by atoms with Gasteiger partial charge in [0.25, 0.3) is 0 Å². The average Bonchev–Trinajstić information content (AvgIpc) is 3.67. The van der Waals surface area contributed by atoms with Crippen LogP contribution in [0.4, 0.5) is 30.8 Å². The van der Waals surface area contributed by atoms with E-state index >= 15 is 4.39 Å². The number of carbonyl (C=O) groups is 3. The Balaban J connectivity index is 1.38. The van der Waals surface area contributed by atoms with Crippen molar-refractivity contribution in [1.82, 2.24) is 9.88 Å². The number of primary amides is 1. The van der Waals surface area contributed by atoms with Gasteiger partial charge in [-0.25, -0.2) is 18.6 Å². The highest BCUT2D eigenvalue weighted by atomic mass is 19.1. The predicted octanol–water partition coefficient (Wildman–Crippen LogP) is 3.29. The maximum atomic E-state index is 15.4. The molecule has 2 fully saturated rings. The van der Waals surface area contributed by atoms with Crippen LogP contribution in [0.5, 0.6) is 11.5 Å². The number of aromatic nitrogens is 1. The van der Waals surface area contributed by atoms with Gasteiger partial charge in [0.05, 0.1) is 24.9 Å². The van der Waals surface area contributed by atoms with Crippen LogP contribution >= 0.6 is 0 Å². The summed E-state index contributed by atoms with van der Waals surface area (Å²) in [5.41, 5.74) is 4.03. The number of nitrogens with one attached hydrogen (secondary N) is 1. The van der Waals surface area contributed by atoms with Crippen molar-refractivity contribution < 1.29 is 33.0 Å². The second-order valence-corrected chi connectivity index (χ2v) is 9.14. The Kier molecular flexibility index (Phi) is 6.41. The maximum Gasteiger partial charge on any atom is 0.323 e. The molecule has 0 radical (unpaired) electrons. The highest BCUT2D eigenvalue weighted by Gasteiger charge is 2.57. The Hall–Kier alpha value is -4.58. The number of benzene rings is 2. The summed E-state index contributed by atoms with van der Waals surface area (Å²) in [5.74, 6) is -2.35. The lowest BCUT2D eigenvalue weighted by Gasteiger charge is -2.35. The summed E-state index contributed by atoms with van der Waals surface area (Å²) in [4.78, 5) is 44.0. The van der Waals surface area contributed by atoms with Crippen LogP contribution in [-0.2, 0) is 9.59 Å². The van der Waals surface area contributed by atoms with Gasteiger partial charge in [0.1, 0.15) is 28.5 Å². The first-order valence-corrected chi connectivity index (χ1v) is 11.7. The maximum absolute atomic E-state index is 15.4. The first-order valence-electron chi connectivity index (χ1n) is 11.7. The van der Waals surface area contributed by atoms with Gasteiger partial charge in [-0.3, -0.25) is 19.8 Å². The number of hydrogen-bond acceptors (Lipinski definition) is 6. The molecular weight excluding hydrogens is 500 g/mol. The number of ether oxygens (including phenoxy) is 1. The number of aliphatic hydroxyl groups excluding tert-OH is 1. The van der Waals surface area contributed by atoms with Crippen LogP contribution in [-0.4, -0.2) is 52.0 Å². The zero-order chi connectivity index (χ0) is 27.0. The van der Waals surface area contributed by atoms with Crippen molar-refractivity contribution in [2.75, 3.05) is 23.3 Å². The molecular formula is C26H23F2N5O5. The third-order valence-electron chi connectivity index (χ3n) is 6.43. The second kappa shape index (κ2) is 9.71. The smallest absolute Gasteiger partial charge is 0.323 e. The number of pyridine rings is 1. The number of carbonyl (C=O) groups excluding carboxylic acids is 3. The van der Waals surface area contributed by atoms with Crippen molar-refractivity contribution in [3.8, 4) is 11.5 Å². The SMILES string of the molecule is NC(=O)C1(C(=O)N(c2ccc(F)cc2)c2ccc(Oc3ccnc(NC(=O)N4CC(O)C4)c3)cc2F)CC1. The van der Waals surface area contributed by atoms with E-state index in [-0.39, 0.29) is 54.6 Å². The van der Waals surface area contributed by atoms with Gasteiger partial charge in [0.15, 0.2) is 5.82 Å². The van der Waals surface area contributed by atoms with Crippen LogP contribution in [0, 0.1) is 17.0 Å². The molecule has 1 aromatic heterocycles. The molecule has 0 bridgehead atoms. The van der Waals surface area contributed by atoms with Crippen LogP contribution in [0.3, 0.4) is 0 Å². The van der Waals surface area contributed by atoms with Crippen LogP contribution in [0.15, 0.2) is 60.8 Å². The molecule has 2 aromatic carbocycles. The molecule has 5 rings (SSSR count). The minimum absolute atomic E-state index is 0.0862. The molecule has 1 saturated carbocycles. The highest BCUT2D eigenvalue weighted by Crippen LogP contribution is 2.49. The number of aliphatic hydroxyl groups is 1. The molecule has 1 aliphatic carbocycles. The van der Waals surface area contributed by atoms with Crippen LogP contribution < -0.4 is 20.7 Å². The number of anilines is 3. The fourth-order valence-corrected chi connectivity index (χ4v) is 4.08. The van der Waals surface area contributed by atoms with E-state index in [4.69, 9.17) is 10.5 Å². The number of hydrogen-bond donors (Lipinski definition) is 3. The standard InChI is InChI=1S/C26H23F2N5O5/c27-15-1-3-16(4-2-15)33(24(36)26(8-9-26)23(29)35)21-6-5-18(11-20(21)28)38-19-7-10-30-22(12-19)31-25(37)32-13-17(34)14-32/h1-7,10-12,17,34H,8-9,13-14H2,(H2,29,35)(H,30,31,37). The van der Waals surface area contributed by atoms with Gasteiger partial charge in [-0.05, 0) is 55.3 Å². The third-order valence-corrected chi connectivity index (χ3v) is 6.43. The predicted molar refractivity (Wildman–Crippen MR) is 132 cm³/mol. The lowest BCUT2D eigenvalue weighted by molar-refractivity contribution is -0.133. The molecule has 12 heteroatoms. The van der Waals surface area contributed by atoms with Gasteiger partial charge >= 0.3 is 6.03 Å². The Morgan fingerprint density at radius 3 is 2.34 bits per heavy atom. The number of rotatable bonds is 7. The van der Waals surface area contributed by atoms with E-state index < -0.39 is 41.0 Å². The molecule has 0 unspecified atom stereocenters. The monoisotopic (exact) mass is 523 g/mol. The van der Waals surface area contributed by atoms with Crippen molar-refractivity contribution in [2.24, 2.45) is 11.1 Å². The number of urea groups is 1. The molecule has 4 N–H and O–H groups in total. The average molecular weight is 523 g/mol. The fourth-order valence-electron chi connectivity index (χ4n) is 4.08.